The molecule has 1 aliphatic rings. The van der Waals surface area contributed by atoms with E-state index in [2.05, 4.69) is 4.98 Å². The Balaban J connectivity index is 2.31. The molecule has 0 radical (unpaired) electrons. The van der Waals surface area contributed by atoms with Crippen LogP contribution in [0, 0.1) is 0 Å². The number of hydrogen-bond donors (Lipinski definition) is 0. The number of anilines is 1. The Morgan fingerprint density at radius 1 is 1.43 bits per heavy atom. The highest BCUT2D eigenvalue weighted by Gasteiger charge is 2.41. The molecule has 0 aliphatic carbocycles. The molecule has 0 saturated heterocycles. The molecule has 1 aromatic heterocycles. The van der Waals surface area contributed by atoms with E-state index in [0.29, 0.717) is 12.1 Å². The summed E-state index contributed by atoms with van der Waals surface area (Å²) in [7, 11) is 0. The van der Waals surface area contributed by atoms with E-state index in [1.165, 1.54) is 4.90 Å². The number of pyridine rings is 1. The maximum atomic E-state index is 12.4. The summed E-state index contributed by atoms with van der Waals surface area (Å²) < 4.78 is 10.4. The van der Waals surface area contributed by atoms with E-state index < -0.39 is 23.7 Å². The minimum absolute atomic E-state index is 0.270. The van der Waals surface area contributed by atoms with Crippen LogP contribution in [-0.2, 0) is 20.7 Å². The van der Waals surface area contributed by atoms with Crippen molar-refractivity contribution in [3.63, 3.8) is 0 Å². The molecule has 1 aromatic rings. The molecule has 1 aliphatic heterocycles. The molecular formula is C15H20N2O4. The van der Waals surface area contributed by atoms with E-state index >= 15 is 0 Å². The van der Waals surface area contributed by atoms with Gasteiger partial charge in [0.2, 0.25) is 0 Å². The van der Waals surface area contributed by atoms with Gasteiger partial charge in [-0.1, -0.05) is 0 Å². The highest BCUT2D eigenvalue weighted by Crippen LogP contribution is 2.33. The normalized spacial score (nSPS) is 17.3. The van der Waals surface area contributed by atoms with Gasteiger partial charge >= 0.3 is 12.1 Å². The van der Waals surface area contributed by atoms with Gasteiger partial charge in [-0.3, -0.25) is 9.88 Å². The molecule has 0 N–H and O–H groups in total. The van der Waals surface area contributed by atoms with Crippen LogP contribution in [0.2, 0.25) is 0 Å². The molecule has 2 rings (SSSR count). The number of nitrogens with zero attached hydrogens (tertiary/aromatic N) is 2. The van der Waals surface area contributed by atoms with E-state index in [9.17, 15) is 9.59 Å². The van der Waals surface area contributed by atoms with Crippen molar-refractivity contribution in [2.24, 2.45) is 0 Å². The van der Waals surface area contributed by atoms with Crippen LogP contribution < -0.4 is 4.90 Å². The summed E-state index contributed by atoms with van der Waals surface area (Å²) in [5, 5.41) is 0. The monoisotopic (exact) mass is 292 g/mol. The predicted molar refractivity (Wildman–Crippen MR) is 77.1 cm³/mol. The first-order chi connectivity index (χ1) is 9.83. The minimum atomic E-state index is -0.695. The summed E-state index contributed by atoms with van der Waals surface area (Å²) in [6.45, 7) is 7.35. The first-order valence-corrected chi connectivity index (χ1v) is 6.95. The van der Waals surface area contributed by atoms with Crippen molar-refractivity contribution in [1.29, 1.82) is 0 Å². The standard InChI is InChI=1S/C15H20N2O4/c1-5-20-13(18)11-8-10-6-7-16-9-12(10)17(11)14(19)21-15(2,3)4/h6-7,9,11H,5,8H2,1-4H3/t11-/m0/s1. The molecule has 2 heterocycles. The molecule has 0 aromatic carbocycles. The summed E-state index contributed by atoms with van der Waals surface area (Å²) in [5.74, 6) is -0.431. The van der Waals surface area contributed by atoms with Crippen LogP contribution >= 0.6 is 0 Å². The van der Waals surface area contributed by atoms with E-state index in [1.54, 1.807) is 46.2 Å². The molecule has 0 unspecified atom stereocenters. The second kappa shape index (κ2) is 5.71. The molecular weight excluding hydrogens is 272 g/mol. The fourth-order valence-electron chi connectivity index (χ4n) is 2.24. The zero-order chi connectivity index (χ0) is 15.6. The fraction of sp³-hybridized carbons (Fsp3) is 0.533. The number of amides is 1. The van der Waals surface area contributed by atoms with Crippen LogP contribution in [0.15, 0.2) is 18.5 Å². The Morgan fingerprint density at radius 2 is 2.14 bits per heavy atom. The summed E-state index contributed by atoms with van der Waals surface area (Å²) in [6, 6.07) is 1.10. The maximum absolute atomic E-state index is 12.4. The zero-order valence-corrected chi connectivity index (χ0v) is 12.8. The van der Waals surface area contributed by atoms with Crippen LogP contribution in [0.25, 0.3) is 0 Å². The minimum Gasteiger partial charge on any atom is -0.464 e. The van der Waals surface area contributed by atoms with Crippen molar-refractivity contribution < 1.29 is 19.1 Å². The van der Waals surface area contributed by atoms with Crippen molar-refractivity contribution in [2.75, 3.05) is 11.5 Å². The van der Waals surface area contributed by atoms with Crippen molar-refractivity contribution in [1.82, 2.24) is 4.98 Å². The molecule has 6 heteroatoms. The van der Waals surface area contributed by atoms with Gasteiger partial charge in [0.25, 0.3) is 0 Å². The number of hydrogen-bond acceptors (Lipinski definition) is 5. The predicted octanol–water partition coefficient (Wildman–Crippen LogP) is 2.31. The quantitative estimate of drug-likeness (QED) is 0.782. The van der Waals surface area contributed by atoms with Gasteiger partial charge in [-0.2, -0.15) is 0 Å². The summed E-state index contributed by atoms with van der Waals surface area (Å²) in [4.78, 5) is 29.9. The van der Waals surface area contributed by atoms with Crippen LogP contribution in [0.4, 0.5) is 10.5 Å². The van der Waals surface area contributed by atoms with Gasteiger partial charge in [0.1, 0.15) is 11.6 Å². The number of rotatable bonds is 2. The van der Waals surface area contributed by atoms with Crippen molar-refractivity contribution >= 4 is 17.7 Å². The lowest BCUT2D eigenvalue weighted by molar-refractivity contribution is -0.144. The summed E-state index contributed by atoms with van der Waals surface area (Å²) in [6.07, 6.45) is 3.06. The number of aromatic nitrogens is 1. The third-order valence-electron chi connectivity index (χ3n) is 3.02. The Morgan fingerprint density at radius 3 is 2.76 bits per heavy atom. The summed E-state index contributed by atoms with van der Waals surface area (Å²) in [5.41, 5.74) is 0.847. The topological polar surface area (TPSA) is 68.7 Å². The van der Waals surface area contributed by atoms with Gasteiger partial charge in [0, 0.05) is 12.6 Å². The Bertz CT molecular complexity index is 551. The van der Waals surface area contributed by atoms with Crippen molar-refractivity contribution in [3.05, 3.63) is 24.0 Å². The van der Waals surface area contributed by atoms with Gasteiger partial charge in [0.05, 0.1) is 18.5 Å². The third-order valence-corrected chi connectivity index (χ3v) is 3.02. The van der Waals surface area contributed by atoms with Gasteiger partial charge in [-0.05, 0) is 39.3 Å². The largest absolute Gasteiger partial charge is 0.464 e. The van der Waals surface area contributed by atoms with E-state index in [-0.39, 0.29) is 6.61 Å². The summed E-state index contributed by atoms with van der Waals surface area (Å²) >= 11 is 0. The molecule has 6 nitrogen and oxygen atoms in total. The maximum Gasteiger partial charge on any atom is 0.415 e. The highest BCUT2D eigenvalue weighted by atomic mass is 16.6. The van der Waals surface area contributed by atoms with Gasteiger partial charge in [-0.25, -0.2) is 9.59 Å². The Kier molecular flexibility index (Phi) is 4.16. The van der Waals surface area contributed by atoms with Gasteiger partial charge < -0.3 is 9.47 Å². The molecule has 0 saturated carbocycles. The number of carbonyl (C=O) groups excluding carboxylic acids is 2. The third kappa shape index (κ3) is 3.32. The van der Waals surface area contributed by atoms with E-state index in [0.717, 1.165) is 5.56 Å². The highest BCUT2D eigenvalue weighted by molar-refractivity contribution is 5.98. The number of ether oxygens (including phenoxy) is 2. The second-order valence-electron chi connectivity index (χ2n) is 5.83. The van der Waals surface area contributed by atoms with E-state index in [4.69, 9.17) is 9.47 Å². The lowest BCUT2D eigenvalue weighted by Crippen LogP contribution is -2.46. The molecule has 21 heavy (non-hydrogen) atoms. The fourth-order valence-corrected chi connectivity index (χ4v) is 2.24. The molecule has 0 spiro atoms. The average molecular weight is 292 g/mol. The Labute approximate surface area is 124 Å². The van der Waals surface area contributed by atoms with Gasteiger partial charge in [0.15, 0.2) is 0 Å². The van der Waals surface area contributed by atoms with Crippen LogP contribution in [0.1, 0.15) is 33.3 Å². The molecule has 1 amide bonds. The molecule has 1 atom stereocenters. The van der Waals surface area contributed by atoms with Crippen LogP contribution in [0.3, 0.4) is 0 Å². The van der Waals surface area contributed by atoms with Gasteiger partial charge in [-0.15, -0.1) is 0 Å². The van der Waals surface area contributed by atoms with Crippen LogP contribution in [-0.4, -0.2) is 35.3 Å². The van der Waals surface area contributed by atoms with E-state index in [1.807, 2.05) is 0 Å². The number of carbonyl (C=O) groups is 2. The van der Waals surface area contributed by atoms with Crippen molar-refractivity contribution in [2.45, 2.75) is 45.8 Å². The second-order valence-corrected chi connectivity index (χ2v) is 5.83. The van der Waals surface area contributed by atoms with Crippen molar-refractivity contribution in [3.8, 4) is 0 Å². The first-order valence-electron chi connectivity index (χ1n) is 6.95. The zero-order valence-electron chi connectivity index (χ0n) is 12.8. The lowest BCUT2D eigenvalue weighted by atomic mass is 10.1. The first kappa shape index (κ1) is 15.3. The number of fused-ring (bicyclic) bond motifs is 1. The molecule has 0 fully saturated rings. The van der Waals surface area contributed by atoms with Crippen LogP contribution in [0.5, 0.6) is 0 Å². The lowest BCUT2D eigenvalue weighted by Gasteiger charge is -2.27. The Hall–Kier alpha value is -2.11. The number of esters is 1. The smallest absolute Gasteiger partial charge is 0.415 e. The SMILES string of the molecule is CCOC(=O)[C@@H]1Cc2ccncc2N1C(=O)OC(C)(C)C. The molecule has 114 valence electrons. The molecule has 0 bridgehead atoms. The average Bonchev–Trinajstić information content (AvgIpc) is 2.76.